The second kappa shape index (κ2) is 5.04. The minimum absolute atomic E-state index is 0.0455. The van der Waals surface area contributed by atoms with Crippen LogP contribution in [0.1, 0.15) is 16.8 Å². The highest BCUT2D eigenvalue weighted by Gasteiger charge is 2.48. The zero-order chi connectivity index (χ0) is 14.8. The summed E-state index contributed by atoms with van der Waals surface area (Å²) in [5, 5.41) is 22.0. The molecule has 1 atom stereocenters. The molecule has 7 heteroatoms. The van der Waals surface area contributed by atoms with Crippen LogP contribution in [0.4, 0.5) is 5.69 Å². The Bertz CT molecular complexity index is 650. The Morgan fingerprint density at radius 3 is 2.50 bits per heavy atom. The van der Waals surface area contributed by atoms with Crippen molar-refractivity contribution in [2.45, 2.75) is 12.0 Å². The van der Waals surface area contributed by atoms with Gasteiger partial charge in [-0.25, -0.2) is 0 Å². The molecule has 0 N–H and O–H groups in total. The van der Waals surface area contributed by atoms with Gasteiger partial charge in [0.1, 0.15) is 0 Å². The second-order valence-electron chi connectivity index (χ2n) is 4.31. The molecule has 102 valence electrons. The minimum Gasteiger partial charge on any atom is -0.286 e. The molecule has 0 heterocycles. The summed E-state index contributed by atoms with van der Waals surface area (Å²) in [6, 6.07) is 4.96. The fourth-order valence-electron chi connectivity index (χ4n) is 2.01. The Morgan fingerprint density at radius 2 is 1.95 bits per heavy atom. The summed E-state index contributed by atoms with van der Waals surface area (Å²) in [4.78, 5) is 33.1. The van der Waals surface area contributed by atoms with Gasteiger partial charge in [0.25, 0.3) is 5.69 Å². The van der Waals surface area contributed by atoms with Crippen molar-refractivity contribution >= 4 is 11.5 Å². The number of nitro groups is 2. The van der Waals surface area contributed by atoms with E-state index < -0.39 is 21.2 Å². The number of hydrogen-bond donors (Lipinski definition) is 0. The summed E-state index contributed by atoms with van der Waals surface area (Å²) in [7, 11) is 0. The van der Waals surface area contributed by atoms with Gasteiger partial charge in [-0.2, -0.15) is 0 Å². The molecule has 1 aliphatic carbocycles. The first-order valence-electron chi connectivity index (χ1n) is 5.75. The highest BCUT2D eigenvalue weighted by Crippen LogP contribution is 2.27. The maximum atomic E-state index is 12.4. The van der Waals surface area contributed by atoms with E-state index in [4.69, 9.17) is 0 Å². The van der Waals surface area contributed by atoms with Crippen LogP contribution in [0.5, 0.6) is 0 Å². The number of hydrogen-bond acceptors (Lipinski definition) is 5. The van der Waals surface area contributed by atoms with Gasteiger partial charge >= 0.3 is 5.54 Å². The van der Waals surface area contributed by atoms with Crippen molar-refractivity contribution in [3.63, 3.8) is 0 Å². The van der Waals surface area contributed by atoms with Gasteiger partial charge in [0.05, 0.1) is 4.92 Å². The van der Waals surface area contributed by atoms with Crippen LogP contribution in [0, 0.1) is 20.2 Å². The van der Waals surface area contributed by atoms with Gasteiger partial charge in [0, 0.05) is 35.1 Å². The molecule has 0 amide bonds. The van der Waals surface area contributed by atoms with Gasteiger partial charge in [-0.1, -0.05) is 30.4 Å². The fraction of sp³-hybridized carbons (Fsp3) is 0.154. The Hall–Kier alpha value is -2.83. The number of benzene rings is 1. The third-order valence-electron chi connectivity index (χ3n) is 3.09. The van der Waals surface area contributed by atoms with Gasteiger partial charge in [-0.05, 0) is 0 Å². The maximum Gasteiger partial charge on any atom is 0.305 e. The lowest BCUT2D eigenvalue weighted by molar-refractivity contribution is -0.534. The minimum atomic E-state index is -1.88. The van der Waals surface area contributed by atoms with Crippen LogP contribution in [0.15, 0.2) is 48.6 Å². The number of nitrogens with zero attached hydrogens (tertiary/aromatic N) is 2. The van der Waals surface area contributed by atoms with Gasteiger partial charge < -0.3 is 0 Å². The zero-order valence-corrected chi connectivity index (χ0v) is 10.3. The molecule has 0 fully saturated rings. The molecule has 20 heavy (non-hydrogen) atoms. The molecule has 1 unspecified atom stereocenters. The van der Waals surface area contributed by atoms with Crippen molar-refractivity contribution in [3.05, 3.63) is 74.4 Å². The molecular formula is C13H10N2O5. The van der Waals surface area contributed by atoms with Crippen molar-refractivity contribution in [2.24, 2.45) is 0 Å². The maximum absolute atomic E-state index is 12.4. The third kappa shape index (κ3) is 2.20. The number of rotatable bonds is 4. The predicted octanol–water partition coefficient (Wildman–Crippen LogP) is 2.31. The average molecular weight is 274 g/mol. The molecule has 2 rings (SSSR count). The van der Waals surface area contributed by atoms with E-state index in [-0.39, 0.29) is 17.7 Å². The molecule has 0 saturated heterocycles. The molecule has 0 saturated carbocycles. The van der Waals surface area contributed by atoms with Crippen molar-refractivity contribution < 1.29 is 14.6 Å². The van der Waals surface area contributed by atoms with Crippen molar-refractivity contribution in [2.75, 3.05) is 0 Å². The molecular weight excluding hydrogens is 264 g/mol. The van der Waals surface area contributed by atoms with Crippen LogP contribution in [0.25, 0.3) is 0 Å². The smallest absolute Gasteiger partial charge is 0.286 e. The molecule has 0 aliphatic heterocycles. The lowest BCUT2D eigenvalue weighted by atomic mass is 9.84. The van der Waals surface area contributed by atoms with Crippen molar-refractivity contribution in [1.82, 2.24) is 0 Å². The van der Waals surface area contributed by atoms with Gasteiger partial charge in [0.15, 0.2) is 0 Å². The van der Waals surface area contributed by atoms with Gasteiger partial charge in [-0.15, -0.1) is 0 Å². The van der Waals surface area contributed by atoms with E-state index in [1.54, 1.807) is 6.08 Å². The number of Topliss-reactive ketones (excluding diaryl/α,β-unsaturated/α-hetero) is 1. The number of allylic oxidation sites excluding steroid dienone is 2. The number of carbonyl (C=O) groups is 1. The lowest BCUT2D eigenvalue weighted by Gasteiger charge is -2.20. The molecule has 0 aromatic heterocycles. The quantitative estimate of drug-likeness (QED) is 0.476. The summed E-state index contributed by atoms with van der Waals surface area (Å²) in [6.45, 7) is 0. The molecule has 0 bridgehead atoms. The van der Waals surface area contributed by atoms with E-state index in [1.807, 2.05) is 0 Å². The topological polar surface area (TPSA) is 103 Å². The van der Waals surface area contributed by atoms with Crippen molar-refractivity contribution in [3.8, 4) is 0 Å². The molecule has 1 aromatic carbocycles. The first-order valence-corrected chi connectivity index (χ1v) is 5.75. The van der Waals surface area contributed by atoms with Crippen LogP contribution < -0.4 is 0 Å². The molecule has 7 nitrogen and oxygen atoms in total. The zero-order valence-electron chi connectivity index (χ0n) is 10.3. The number of non-ortho nitro benzene ring substituents is 1. The van der Waals surface area contributed by atoms with Crippen LogP contribution in [0.3, 0.4) is 0 Å². The SMILES string of the molecule is O=C(c1cccc([N+](=O)[O-])c1)C1([N+](=O)[O-])C=CC=CC1. The molecule has 1 aliphatic rings. The van der Waals surface area contributed by atoms with Crippen LogP contribution in [-0.2, 0) is 0 Å². The van der Waals surface area contributed by atoms with Crippen LogP contribution in [-0.4, -0.2) is 21.2 Å². The first-order chi connectivity index (χ1) is 9.47. The lowest BCUT2D eigenvalue weighted by Crippen LogP contribution is -2.45. The number of ketones is 1. The van der Waals surface area contributed by atoms with E-state index in [0.29, 0.717) is 0 Å². The average Bonchev–Trinajstić information content (AvgIpc) is 2.47. The Kier molecular flexibility index (Phi) is 3.43. The van der Waals surface area contributed by atoms with E-state index in [1.165, 1.54) is 36.4 Å². The van der Waals surface area contributed by atoms with Crippen molar-refractivity contribution in [1.29, 1.82) is 0 Å². The first kappa shape index (κ1) is 13.6. The van der Waals surface area contributed by atoms with E-state index in [0.717, 1.165) is 6.07 Å². The highest BCUT2D eigenvalue weighted by molar-refractivity contribution is 6.04. The number of nitro benzene ring substituents is 1. The van der Waals surface area contributed by atoms with E-state index >= 15 is 0 Å². The Labute approximate surface area is 113 Å². The molecule has 0 spiro atoms. The third-order valence-corrected chi connectivity index (χ3v) is 3.09. The highest BCUT2D eigenvalue weighted by atomic mass is 16.6. The van der Waals surface area contributed by atoms with Crippen LogP contribution >= 0.6 is 0 Å². The fourth-order valence-corrected chi connectivity index (χ4v) is 2.01. The summed E-state index contributed by atoms with van der Waals surface area (Å²) < 4.78 is 0. The van der Waals surface area contributed by atoms with E-state index in [9.17, 15) is 25.0 Å². The Morgan fingerprint density at radius 1 is 1.20 bits per heavy atom. The second-order valence-corrected chi connectivity index (χ2v) is 4.31. The standard InChI is InChI=1S/C13H10N2O5/c16-12(10-5-4-6-11(9-10)14(17)18)13(15(19)20)7-2-1-3-8-13/h1-7,9H,8H2. The summed E-state index contributed by atoms with van der Waals surface area (Å²) in [5.41, 5.74) is -2.20. The van der Waals surface area contributed by atoms with E-state index in [2.05, 4.69) is 0 Å². The summed E-state index contributed by atoms with van der Waals surface area (Å²) >= 11 is 0. The van der Waals surface area contributed by atoms with Gasteiger partial charge in [0.2, 0.25) is 5.78 Å². The largest absolute Gasteiger partial charge is 0.305 e. The molecule has 0 radical (unpaired) electrons. The summed E-state index contributed by atoms with van der Waals surface area (Å²) in [5.74, 6) is -0.758. The molecule has 1 aromatic rings. The van der Waals surface area contributed by atoms with Crippen LogP contribution in [0.2, 0.25) is 0 Å². The number of carbonyl (C=O) groups excluding carboxylic acids is 1. The Balaban J connectivity index is 2.46. The monoisotopic (exact) mass is 274 g/mol. The predicted molar refractivity (Wildman–Crippen MR) is 70.0 cm³/mol. The normalized spacial score (nSPS) is 20.6. The summed E-state index contributed by atoms with van der Waals surface area (Å²) in [6.07, 6.45) is 5.72. The van der Waals surface area contributed by atoms with Gasteiger partial charge in [-0.3, -0.25) is 25.0 Å².